The van der Waals surface area contributed by atoms with Crippen LogP contribution in [0.5, 0.6) is 0 Å². The first-order valence-corrected chi connectivity index (χ1v) is 8.29. The number of carbonyl (C=O) groups excluding carboxylic acids is 1. The third-order valence-electron chi connectivity index (χ3n) is 4.96. The molecule has 1 aromatic heterocycles. The smallest absolute Gasteiger partial charge is 0.249 e. The summed E-state index contributed by atoms with van der Waals surface area (Å²) >= 11 is 0. The van der Waals surface area contributed by atoms with Crippen molar-refractivity contribution in [3.8, 4) is 0 Å². The van der Waals surface area contributed by atoms with Crippen LogP contribution in [0.4, 0.5) is 0 Å². The van der Waals surface area contributed by atoms with E-state index in [1.54, 1.807) is 6.20 Å². The second-order valence-electron chi connectivity index (χ2n) is 7.02. The maximum Gasteiger partial charge on any atom is 0.249 e. The molecule has 4 rings (SSSR count). The van der Waals surface area contributed by atoms with Crippen molar-refractivity contribution in [1.29, 1.82) is 0 Å². The van der Waals surface area contributed by atoms with Crippen molar-refractivity contribution in [1.82, 2.24) is 15.2 Å². The standard InChI is InChI=1S/C17H23N3O2/c21-16(19-9-13-3-4-13)15-5-6-17(22-15)11-20(12-17)10-14-2-1-7-18-8-14/h1-2,7-8,13,15H,3-6,9-12H2,(H,19,21). The zero-order valence-corrected chi connectivity index (χ0v) is 12.8. The van der Waals surface area contributed by atoms with Crippen LogP contribution >= 0.6 is 0 Å². The van der Waals surface area contributed by atoms with Crippen LogP contribution in [0.3, 0.4) is 0 Å². The number of ether oxygens (including phenoxy) is 1. The van der Waals surface area contributed by atoms with Gasteiger partial charge in [0.1, 0.15) is 6.10 Å². The lowest BCUT2D eigenvalue weighted by Gasteiger charge is -2.47. The molecule has 0 bridgehead atoms. The topological polar surface area (TPSA) is 54.5 Å². The van der Waals surface area contributed by atoms with Gasteiger partial charge in [-0.25, -0.2) is 0 Å². The van der Waals surface area contributed by atoms with Crippen LogP contribution in [0.25, 0.3) is 0 Å². The predicted molar refractivity (Wildman–Crippen MR) is 82.1 cm³/mol. The number of nitrogens with one attached hydrogen (secondary N) is 1. The van der Waals surface area contributed by atoms with Gasteiger partial charge >= 0.3 is 0 Å². The average molecular weight is 301 g/mol. The molecule has 0 radical (unpaired) electrons. The molecule has 1 N–H and O–H groups in total. The van der Waals surface area contributed by atoms with E-state index in [2.05, 4.69) is 21.3 Å². The molecule has 3 fully saturated rings. The largest absolute Gasteiger partial charge is 0.359 e. The SMILES string of the molecule is O=C(NCC1CC1)C1CCC2(CN(Cc3cccnc3)C2)O1. The highest BCUT2D eigenvalue weighted by Gasteiger charge is 2.50. The summed E-state index contributed by atoms with van der Waals surface area (Å²) in [6.07, 6.45) is 7.85. The average Bonchev–Trinajstić information content (AvgIpc) is 3.23. The van der Waals surface area contributed by atoms with E-state index in [4.69, 9.17) is 4.74 Å². The molecular weight excluding hydrogens is 278 g/mol. The molecule has 3 heterocycles. The summed E-state index contributed by atoms with van der Waals surface area (Å²) in [4.78, 5) is 18.6. The van der Waals surface area contributed by atoms with Gasteiger partial charge in [0.25, 0.3) is 0 Å². The molecule has 1 atom stereocenters. The summed E-state index contributed by atoms with van der Waals surface area (Å²) in [5.74, 6) is 0.812. The van der Waals surface area contributed by atoms with Crippen molar-refractivity contribution >= 4 is 5.91 Å². The minimum Gasteiger partial charge on any atom is -0.359 e. The molecule has 1 aromatic rings. The van der Waals surface area contributed by atoms with E-state index in [0.717, 1.165) is 44.9 Å². The summed E-state index contributed by atoms with van der Waals surface area (Å²) in [6, 6.07) is 4.07. The van der Waals surface area contributed by atoms with Crippen molar-refractivity contribution < 1.29 is 9.53 Å². The number of hydrogen-bond donors (Lipinski definition) is 1. The molecule has 0 aromatic carbocycles. The van der Waals surface area contributed by atoms with Crippen LogP contribution < -0.4 is 5.32 Å². The second-order valence-corrected chi connectivity index (χ2v) is 7.02. The Balaban J connectivity index is 1.24. The fourth-order valence-corrected chi connectivity index (χ4v) is 3.54. The van der Waals surface area contributed by atoms with E-state index in [1.807, 2.05) is 12.3 Å². The van der Waals surface area contributed by atoms with Gasteiger partial charge in [0.05, 0.1) is 5.60 Å². The molecular formula is C17H23N3O2. The molecule has 1 unspecified atom stereocenters. The van der Waals surface area contributed by atoms with Gasteiger partial charge in [0.15, 0.2) is 0 Å². The number of aromatic nitrogens is 1. The molecule has 5 nitrogen and oxygen atoms in total. The first kappa shape index (κ1) is 14.2. The number of pyridine rings is 1. The van der Waals surface area contributed by atoms with Crippen LogP contribution in [0.2, 0.25) is 0 Å². The number of carbonyl (C=O) groups is 1. The Morgan fingerprint density at radius 2 is 2.27 bits per heavy atom. The van der Waals surface area contributed by atoms with Gasteiger partial charge in [-0.3, -0.25) is 14.7 Å². The summed E-state index contributed by atoms with van der Waals surface area (Å²) in [7, 11) is 0. The number of rotatable bonds is 5. The van der Waals surface area contributed by atoms with Crippen LogP contribution in [0.1, 0.15) is 31.2 Å². The molecule has 22 heavy (non-hydrogen) atoms. The Labute approximate surface area is 131 Å². The predicted octanol–water partition coefficient (Wildman–Crippen LogP) is 1.34. The van der Waals surface area contributed by atoms with E-state index in [9.17, 15) is 4.79 Å². The Morgan fingerprint density at radius 3 is 3.00 bits per heavy atom. The Kier molecular flexibility index (Phi) is 3.62. The molecule has 1 spiro atoms. The number of likely N-dealkylation sites (tertiary alicyclic amines) is 1. The lowest BCUT2D eigenvalue weighted by Crippen LogP contribution is -2.61. The molecule has 1 saturated carbocycles. The Hall–Kier alpha value is -1.46. The fraction of sp³-hybridized carbons (Fsp3) is 0.647. The van der Waals surface area contributed by atoms with Crippen LogP contribution in [0, 0.1) is 5.92 Å². The minimum atomic E-state index is -0.237. The van der Waals surface area contributed by atoms with Crippen molar-refractivity contribution in [2.45, 2.75) is 43.9 Å². The lowest BCUT2D eigenvalue weighted by atomic mass is 9.90. The number of amides is 1. The van der Waals surface area contributed by atoms with Crippen LogP contribution in [-0.4, -0.2) is 47.1 Å². The van der Waals surface area contributed by atoms with Gasteiger partial charge in [-0.05, 0) is 43.2 Å². The minimum absolute atomic E-state index is 0.0796. The summed E-state index contributed by atoms with van der Waals surface area (Å²) < 4.78 is 6.10. The molecule has 2 aliphatic heterocycles. The maximum atomic E-state index is 12.1. The zero-order chi connectivity index (χ0) is 15.0. The molecule has 3 aliphatic rings. The molecule has 1 amide bonds. The van der Waals surface area contributed by atoms with Crippen molar-refractivity contribution in [3.63, 3.8) is 0 Å². The van der Waals surface area contributed by atoms with E-state index in [1.165, 1.54) is 18.4 Å². The van der Waals surface area contributed by atoms with Crippen LogP contribution in [0.15, 0.2) is 24.5 Å². The highest BCUT2D eigenvalue weighted by atomic mass is 16.5. The third kappa shape index (κ3) is 3.01. The first-order valence-electron chi connectivity index (χ1n) is 8.29. The monoisotopic (exact) mass is 301 g/mol. The van der Waals surface area contributed by atoms with E-state index >= 15 is 0 Å². The van der Waals surface area contributed by atoms with Crippen molar-refractivity contribution in [2.75, 3.05) is 19.6 Å². The first-order chi connectivity index (χ1) is 10.7. The van der Waals surface area contributed by atoms with E-state index in [0.29, 0.717) is 0 Å². The van der Waals surface area contributed by atoms with Gasteiger partial charge < -0.3 is 10.1 Å². The summed E-state index contributed by atoms with van der Waals surface area (Å²) in [6.45, 7) is 3.60. The third-order valence-corrected chi connectivity index (χ3v) is 4.96. The maximum absolute atomic E-state index is 12.1. The second kappa shape index (κ2) is 5.63. The van der Waals surface area contributed by atoms with Crippen molar-refractivity contribution in [3.05, 3.63) is 30.1 Å². The summed E-state index contributed by atoms with van der Waals surface area (Å²) in [5.41, 5.74) is 1.15. The molecule has 2 saturated heterocycles. The zero-order valence-electron chi connectivity index (χ0n) is 12.8. The van der Waals surface area contributed by atoms with Crippen molar-refractivity contribution in [2.24, 2.45) is 5.92 Å². The summed E-state index contributed by atoms with van der Waals surface area (Å²) in [5, 5.41) is 3.04. The quantitative estimate of drug-likeness (QED) is 0.892. The molecule has 1 aliphatic carbocycles. The molecule has 118 valence electrons. The van der Waals surface area contributed by atoms with Crippen LogP contribution in [-0.2, 0) is 16.1 Å². The van der Waals surface area contributed by atoms with Gasteiger partial charge in [0, 0.05) is 38.6 Å². The Bertz CT molecular complexity index is 538. The van der Waals surface area contributed by atoms with Gasteiger partial charge in [0.2, 0.25) is 5.91 Å². The van der Waals surface area contributed by atoms with Gasteiger partial charge in [-0.1, -0.05) is 6.07 Å². The Morgan fingerprint density at radius 1 is 1.41 bits per heavy atom. The van der Waals surface area contributed by atoms with E-state index < -0.39 is 0 Å². The highest BCUT2D eigenvalue weighted by molar-refractivity contribution is 5.81. The lowest BCUT2D eigenvalue weighted by molar-refractivity contribution is -0.157. The van der Waals surface area contributed by atoms with Gasteiger partial charge in [-0.15, -0.1) is 0 Å². The van der Waals surface area contributed by atoms with Gasteiger partial charge in [-0.2, -0.15) is 0 Å². The number of nitrogens with zero attached hydrogens (tertiary/aromatic N) is 2. The molecule has 5 heteroatoms. The fourth-order valence-electron chi connectivity index (χ4n) is 3.54. The highest BCUT2D eigenvalue weighted by Crippen LogP contribution is 2.39. The number of hydrogen-bond acceptors (Lipinski definition) is 4. The van der Waals surface area contributed by atoms with E-state index in [-0.39, 0.29) is 17.6 Å². The normalized spacial score (nSPS) is 26.8.